The molecular weight excluding hydrogens is 384 g/mol. The number of nitrogens with two attached hydrogens (primary N) is 1. The zero-order valence-electron chi connectivity index (χ0n) is 16.4. The van der Waals surface area contributed by atoms with Crippen molar-refractivity contribution in [3.8, 4) is 40.5 Å². The zero-order valence-corrected chi connectivity index (χ0v) is 16.4. The van der Waals surface area contributed by atoms with Crippen LogP contribution in [0.3, 0.4) is 0 Å². The van der Waals surface area contributed by atoms with Crippen molar-refractivity contribution in [3.63, 3.8) is 0 Å². The number of rotatable bonds is 6. The predicted molar refractivity (Wildman–Crippen MR) is 110 cm³/mol. The molecule has 0 fully saturated rings. The minimum atomic E-state index is -0.664. The largest absolute Gasteiger partial charge is 0.497 e. The third-order valence-electron chi connectivity index (χ3n) is 4.47. The lowest BCUT2D eigenvalue weighted by atomic mass is 9.96. The van der Waals surface area contributed by atoms with Gasteiger partial charge in [-0.1, -0.05) is 18.2 Å². The molecule has 3 rings (SSSR count). The summed E-state index contributed by atoms with van der Waals surface area (Å²) in [5, 5.41) is 18.9. The maximum Gasteiger partial charge on any atom is 0.268 e. The number of nitriles is 2. The summed E-state index contributed by atoms with van der Waals surface area (Å²) in [6, 6.07) is 16.1. The standard InChI is InChI=1S/C22H18N4O4/c1-28-15-6-3-13(4-7-15)12-30-18-8-5-14(9-19(18)29-2)20-16(10-23)21(25)26-22(27)17(20)11-24/h3-9H,12H2,1-2H3,(H3,25,26,27). The van der Waals surface area contributed by atoms with Crippen molar-refractivity contribution in [2.75, 3.05) is 20.0 Å². The molecule has 3 aromatic rings. The average Bonchev–Trinajstić information content (AvgIpc) is 2.77. The van der Waals surface area contributed by atoms with Crippen LogP contribution in [0.15, 0.2) is 47.3 Å². The fourth-order valence-electron chi connectivity index (χ4n) is 2.96. The van der Waals surface area contributed by atoms with Crippen molar-refractivity contribution in [3.05, 3.63) is 69.5 Å². The number of hydrogen-bond acceptors (Lipinski definition) is 7. The molecule has 8 heteroatoms. The lowest BCUT2D eigenvalue weighted by molar-refractivity contribution is 0.284. The number of hydrogen-bond donors (Lipinski definition) is 2. The van der Waals surface area contributed by atoms with Crippen molar-refractivity contribution >= 4 is 5.82 Å². The summed E-state index contributed by atoms with van der Waals surface area (Å²) >= 11 is 0. The average molecular weight is 402 g/mol. The van der Waals surface area contributed by atoms with E-state index in [1.165, 1.54) is 7.11 Å². The lowest BCUT2D eigenvalue weighted by Gasteiger charge is -2.14. The molecule has 8 nitrogen and oxygen atoms in total. The number of nitrogen functional groups attached to an aromatic ring is 1. The molecule has 0 saturated carbocycles. The van der Waals surface area contributed by atoms with Gasteiger partial charge < -0.3 is 24.9 Å². The summed E-state index contributed by atoms with van der Waals surface area (Å²) in [5.41, 5.74) is 6.45. The molecule has 0 atom stereocenters. The number of methoxy groups -OCH3 is 2. The Morgan fingerprint density at radius 3 is 2.27 bits per heavy atom. The van der Waals surface area contributed by atoms with E-state index in [1.54, 1.807) is 25.3 Å². The molecule has 0 amide bonds. The molecule has 0 radical (unpaired) electrons. The molecule has 0 spiro atoms. The molecule has 1 aromatic heterocycles. The quantitative estimate of drug-likeness (QED) is 0.647. The minimum Gasteiger partial charge on any atom is -0.497 e. The first-order valence-electron chi connectivity index (χ1n) is 8.82. The predicted octanol–water partition coefficient (Wildman–Crippen LogP) is 2.96. The zero-order chi connectivity index (χ0) is 21.7. The summed E-state index contributed by atoms with van der Waals surface area (Å²) in [7, 11) is 3.07. The Morgan fingerprint density at radius 2 is 1.67 bits per heavy atom. The topological polar surface area (TPSA) is 134 Å². The van der Waals surface area contributed by atoms with E-state index < -0.39 is 5.56 Å². The molecule has 0 aliphatic heterocycles. The van der Waals surface area contributed by atoms with Crippen LogP contribution in [0.1, 0.15) is 16.7 Å². The fraction of sp³-hybridized carbons (Fsp3) is 0.136. The Kier molecular flexibility index (Phi) is 5.90. The molecular formula is C22H18N4O4. The van der Waals surface area contributed by atoms with Crippen LogP contribution in [0.25, 0.3) is 11.1 Å². The van der Waals surface area contributed by atoms with Crippen LogP contribution in [0.2, 0.25) is 0 Å². The number of H-pyrrole nitrogens is 1. The first kappa shape index (κ1) is 20.3. The smallest absolute Gasteiger partial charge is 0.268 e. The van der Waals surface area contributed by atoms with Gasteiger partial charge in [-0.3, -0.25) is 4.79 Å². The molecule has 0 saturated heterocycles. The maximum absolute atomic E-state index is 12.1. The van der Waals surface area contributed by atoms with Crippen molar-refractivity contribution in [1.29, 1.82) is 10.5 Å². The molecule has 0 aliphatic carbocycles. The van der Waals surface area contributed by atoms with Crippen LogP contribution in [0.5, 0.6) is 17.2 Å². The summed E-state index contributed by atoms with van der Waals surface area (Å²) in [6.45, 7) is 0.296. The van der Waals surface area contributed by atoms with E-state index in [0.29, 0.717) is 23.7 Å². The highest BCUT2D eigenvalue weighted by Gasteiger charge is 2.19. The molecule has 0 aliphatic rings. The van der Waals surface area contributed by atoms with E-state index >= 15 is 0 Å². The van der Waals surface area contributed by atoms with Gasteiger partial charge in [0.15, 0.2) is 11.5 Å². The van der Waals surface area contributed by atoms with Crippen LogP contribution in [0, 0.1) is 22.7 Å². The number of nitrogens with one attached hydrogen (secondary N) is 1. The van der Waals surface area contributed by atoms with E-state index in [2.05, 4.69) is 4.98 Å². The summed E-state index contributed by atoms with van der Waals surface area (Å²) < 4.78 is 16.4. The van der Waals surface area contributed by atoms with Gasteiger partial charge in [-0.15, -0.1) is 0 Å². The van der Waals surface area contributed by atoms with Gasteiger partial charge in [-0.05, 0) is 35.4 Å². The first-order valence-corrected chi connectivity index (χ1v) is 8.82. The molecule has 3 N–H and O–H groups in total. The van der Waals surface area contributed by atoms with Gasteiger partial charge in [0, 0.05) is 5.56 Å². The summed E-state index contributed by atoms with van der Waals surface area (Å²) in [4.78, 5) is 14.4. The van der Waals surface area contributed by atoms with Gasteiger partial charge in [-0.2, -0.15) is 10.5 Å². The SMILES string of the molecule is COc1ccc(COc2ccc(-c3c(C#N)c(N)[nH]c(=O)c3C#N)cc2OC)cc1. The van der Waals surface area contributed by atoms with Crippen LogP contribution in [-0.4, -0.2) is 19.2 Å². The number of benzene rings is 2. The first-order chi connectivity index (χ1) is 14.5. The Morgan fingerprint density at radius 1 is 0.967 bits per heavy atom. The van der Waals surface area contributed by atoms with Crippen molar-refractivity contribution in [2.24, 2.45) is 0 Å². The van der Waals surface area contributed by atoms with Crippen LogP contribution < -0.4 is 25.5 Å². The Hall–Kier alpha value is -4.43. The number of pyridine rings is 1. The monoisotopic (exact) mass is 402 g/mol. The summed E-state index contributed by atoms with van der Waals surface area (Å²) in [6.07, 6.45) is 0. The van der Waals surface area contributed by atoms with E-state index in [1.807, 2.05) is 36.4 Å². The Balaban J connectivity index is 1.98. The highest BCUT2D eigenvalue weighted by Crippen LogP contribution is 2.36. The lowest BCUT2D eigenvalue weighted by Crippen LogP contribution is -2.16. The van der Waals surface area contributed by atoms with Gasteiger partial charge in [0.1, 0.15) is 41.4 Å². The number of nitrogens with zero attached hydrogens (tertiary/aromatic N) is 2. The second-order valence-electron chi connectivity index (χ2n) is 6.22. The van der Waals surface area contributed by atoms with Crippen molar-refractivity contribution in [1.82, 2.24) is 4.98 Å². The van der Waals surface area contributed by atoms with Crippen molar-refractivity contribution in [2.45, 2.75) is 6.61 Å². The summed E-state index contributed by atoms with van der Waals surface area (Å²) in [5.74, 6) is 1.49. The van der Waals surface area contributed by atoms with E-state index in [4.69, 9.17) is 19.9 Å². The van der Waals surface area contributed by atoms with Crippen LogP contribution >= 0.6 is 0 Å². The van der Waals surface area contributed by atoms with Crippen LogP contribution in [0.4, 0.5) is 5.82 Å². The number of aromatic amines is 1. The van der Waals surface area contributed by atoms with E-state index in [9.17, 15) is 15.3 Å². The van der Waals surface area contributed by atoms with Crippen LogP contribution in [-0.2, 0) is 6.61 Å². The van der Waals surface area contributed by atoms with Gasteiger partial charge in [0.25, 0.3) is 5.56 Å². The second-order valence-corrected chi connectivity index (χ2v) is 6.22. The molecule has 0 bridgehead atoms. The Labute approximate surface area is 172 Å². The fourth-order valence-corrected chi connectivity index (χ4v) is 2.96. The second kappa shape index (κ2) is 8.72. The highest BCUT2D eigenvalue weighted by molar-refractivity contribution is 5.81. The highest BCUT2D eigenvalue weighted by atomic mass is 16.5. The normalized spacial score (nSPS) is 10.0. The third kappa shape index (κ3) is 3.89. The van der Waals surface area contributed by atoms with E-state index in [0.717, 1.165) is 11.3 Å². The molecule has 1 heterocycles. The minimum absolute atomic E-state index is 0.0140. The number of anilines is 1. The number of ether oxygens (including phenoxy) is 3. The van der Waals surface area contributed by atoms with Gasteiger partial charge in [-0.25, -0.2) is 0 Å². The van der Waals surface area contributed by atoms with Gasteiger partial charge in [0.05, 0.1) is 14.2 Å². The maximum atomic E-state index is 12.1. The molecule has 0 unspecified atom stereocenters. The Bertz CT molecular complexity index is 1220. The van der Waals surface area contributed by atoms with E-state index in [-0.39, 0.29) is 22.5 Å². The van der Waals surface area contributed by atoms with Crippen molar-refractivity contribution < 1.29 is 14.2 Å². The van der Waals surface area contributed by atoms with Gasteiger partial charge >= 0.3 is 0 Å². The molecule has 150 valence electrons. The molecule has 30 heavy (non-hydrogen) atoms. The molecule has 2 aromatic carbocycles. The van der Waals surface area contributed by atoms with Gasteiger partial charge in [0.2, 0.25) is 0 Å². The third-order valence-corrected chi connectivity index (χ3v) is 4.47. The number of aromatic nitrogens is 1.